The van der Waals surface area contributed by atoms with E-state index in [-0.39, 0.29) is 11.9 Å². The van der Waals surface area contributed by atoms with Gasteiger partial charge in [-0.15, -0.1) is 0 Å². The molecule has 1 aromatic rings. The van der Waals surface area contributed by atoms with Crippen LogP contribution in [-0.4, -0.2) is 40.3 Å². The summed E-state index contributed by atoms with van der Waals surface area (Å²) in [6.45, 7) is 0.357. The van der Waals surface area contributed by atoms with E-state index in [4.69, 9.17) is 19.0 Å². The molecule has 1 rings (SSSR count). The van der Waals surface area contributed by atoms with Crippen LogP contribution < -0.4 is 9.57 Å². The van der Waals surface area contributed by atoms with Gasteiger partial charge in [0.25, 0.3) is 0 Å². The van der Waals surface area contributed by atoms with Crippen LogP contribution in [0.4, 0.5) is 4.39 Å². The van der Waals surface area contributed by atoms with E-state index >= 15 is 0 Å². The Balaban J connectivity index is 2.62. The molecular weight excluding hydrogens is 241 g/mol. The van der Waals surface area contributed by atoms with Crippen LogP contribution in [-0.2, 0) is 9.47 Å². The fraction of sp³-hybridized carbons (Fsp3) is 0.417. The first kappa shape index (κ1) is 14.4. The highest BCUT2D eigenvalue weighted by Gasteiger charge is 2.04. The molecule has 5 nitrogen and oxygen atoms in total. The van der Waals surface area contributed by atoms with Crippen LogP contribution >= 0.6 is 0 Å². The fourth-order valence-electron chi connectivity index (χ4n) is 1.20. The van der Waals surface area contributed by atoms with Crippen LogP contribution in [0.1, 0.15) is 0 Å². The van der Waals surface area contributed by atoms with Gasteiger partial charge in [-0.1, -0.05) is 5.16 Å². The number of ether oxygens (including phenoxy) is 3. The van der Waals surface area contributed by atoms with Crippen molar-refractivity contribution in [1.82, 2.24) is 0 Å². The number of hydrogen-bond donors (Lipinski definition) is 0. The third-order valence-corrected chi connectivity index (χ3v) is 2.10. The second-order valence-corrected chi connectivity index (χ2v) is 3.40. The summed E-state index contributed by atoms with van der Waals surface area (Å²) in [5, 5.41) is 3.70. The molecule has 0 aliphatic heterocycles. The number of halogens is 1. The van der Waals surface area contributed by atoms with Crippen molar-refractivity contribution in [2.75, 3.05) is 27.9 Å². The summed E-state index contributed by atoms with van der Waals surface area (Å²) in [6, 6.07) is 3.98. The highest BCUT2D eigenvalue weighted by molar-refractivity contribution is 5.62. The molecule has 0 N–H and O–H groups in total. The quantitative estimate of drug-likeness (QED) is 0.552. The molecular formula is C12H16FNO4. The van der Waals surface area contributed by atoms with E-state index in [2.05, 4.69) is 5.16 Å². The van der Waals surface area contributed by atoms with Crippen LogP contribution in [0.15, 0.2) is 23.4 Å². The molecule has 1 atom stereocenters. The number of nitrogens with zero attached hydrogens (tertiary/aromatic N) is 1. The van der Waals surface area contributed by atoms with Crippen LogP contribution in [0.5, 0.6) is 11.5 Å². The van der Waals surface area contributed by atoms with Crippen LogP contribution in [0, 0.1) is 5.82 Å². The Morgan fingerprint density at radius 3 is 2.56 bits per heavy atom. The maximum atomic E-state index is 13.1. The predicted octanol–water partition coefficient (Wildman–Crippen LogP) is 1.86. The zero-order valence-corrected chi connectivity index (χ0v) is 10.6. The number of rotatable bonds is 7. The maximum Gasteiger partial charge on any atom is 0.164 e. The first-order valence-electron chi connectivity index (χ1n) is 5.26. The molecule has 0 radical (unpaired) electrons. The summed E-state index contributed by atoms with van der Waals surface area (Å²) in [5.74, 6) is 0.149. The molecule has 0 aliphatic rings. The number of methoxy groups -OCH3 is 3. The molecule has 0 amide bonds. The van der Waals surface area contributed by atoms with Crippen molar-refractivity contribution >= 4 is 6.21 Å². The molecule has 0 saturated heterocycles. The van der Waals surface area contributed by atoms with Gasteiger partial charge in [0.05, 0.1) is 19.9 Å². The minimum absolute atomic E-state index is 0.246. The van der Waals surface area contributed by atoms with Crippen molar-refractivity contribution in [2.45, 2.75) is 6.10 Å². The SMILES string of the molecule is COC[C@H](/C=N/Oc1cc(F)cc(OC)c1)OC. The van der Waals surface area contributed by atoms with Gasteiger partial charge < -0.3 is 19.0 Å². The smallest absolute Gasteiger partial charge is 0.164 e. The second-order valence-electron chi connectivity index (χ2n) is 3.40. The second kappa shape index (κ2) is 7.62. The minimum Gasteiger partial charge on any atom is -0.497 e. The van der Waals surface area contributed by atoms with Crippen molar-refractivity contribution in [1.29, 1.82) is 0 Å². The summed E-state index contributed by atoms with van der Waals surface area (Å²) in [5.41, 5.74) is 0. The average molecular weight is 257 g/mol. The fourth-order valence-corrected chi connectivity index (χ4v) is 1.20. The van der Waals surface area contributed by atoms with Gasteiger partial charge in [0.15, 0.2) is 5.75 Å². The van der Waals surface area contributed by atoms with Gasteiger partial charge >= 0.3 is 0 Å². The number of hydrogen-bond acceptors (Lipinski definition) is 5. The van der Waals surface area contributed by atoms with Gasteiger partial charge in [-0.25, -0.2) is 4.39 Å². The lowest BCUT2D eigenvalue weighted by atomic mass is 10.3. The van der Waals surface area contributed by atoms with E-state index in [0.29, 0.717) is 12.4 Å². The monoisotopic (exact) mass is 257 g/mol. The maximum absolute atomic E-state index is 13.1. The average Bonchev–Trinajstić information content (AvgIpc) is 2.37. The molecule has 0 aliphatic carbocycles. The molecule has 0 fully saturated rings. The van der Waals surface area contributed by atoms with Crippen molar-refractivity contribution in [3.8, 4) is 11.5 Å². The van der Waals surface area contributed by atoms with Crippen LogP contribution in [0.2, 0.25) is 0 Å². The van der Waals surface area contributed by atoms with E-state index < -0.39 is 5.82 Å². The Bertz CT molecular complexity index is 398. The lowest BCUT2D eigenvalue weighted by Crippen LogP contribution is -2.19. The van der Waals surface area contributed by atoms with Crippen LogP contribution in [0.3, 0.4) is 0 Å². The largest absolute Gasteiger partial charge is 0.497 e. The summed E-state index contributed by atoms with van der Waals surface area (Å²) in [4.78, 5) is 5.02. The normalized spacial score (nSPS) is 12.7. The van der Waals surface area contributed by atoms with Crippen molar-refractivity contribution < 1.29 is 23.4 Å². The van der Waals surface area contributed by atoms with Gasteiger partial charge in [-0.2, -0.15) is 0 Å². The van der Waals surface area contributed by atoms with E-state index in [1.54, 1.807) is 7.11 Å². The predicted molar refractivity (Wildman–Crippen MR) is 64.7 cm³/mol. The molecule has 18 heavy (non-hydrogen) atoms. The Hall–Kier alpha value is -1.66. The van der Waals surface area contributed by atoms with Gasteiger partial charge in [0, 0.05) is 32.4 Å². The Morgan fingerprint density at radius 1 is 1.22 bits per heavy atom. The first-order valence-corrected chi connectivity index (χ1v) is 5.26. The van der Waals surface area contributed by atoms with E-state index in [1.165, 1.54) is 38.6 Å². The Labute approximate surface area is 105 Å². The highest BCUT2D eigenvalue weighted by Crippen LogP contribution is 2.21. The number of oxime groups is 1. The summed E-state index contributed by atoms with van der Waals surface area (Å²) >= 11 is 0. The van der Waals surface area contributed by atoms with E-state index in [1.807, 2.05) is 0 Å². The van der Waals surface area contributed by atoms with Gasteiger partial charge in [-0.05, 0) is 0 Å². The van der Waals surface area contributed by atoms with E-state index in [9.17, 15) is 4.39 Å². The summed E-state index contributed by atoms with van der Waals surface area (Å²) in [6.07, 6.45) is 1.12. The lowest BCUT2D eigenvalue weighted by molar-refractivity contribution is 0.0697. The Kier molecular flexibility index (Phi) is 6.10. The molecule has 0 saturated carbocycles. The van der Waals surface area contributed by atoms with Gasteiger partial charge in [0.1, 0.15) is 17.7 Å². The van der Waals surface area contributed by atoms with Gasteiger partial charge in [-0.3, -0.25) is 0 Å². The third kappa shape index (κ3) is 4.68. The van der Waals surface area contributed by atoms with Crippen LogP contribution in [0.25, 0.3) is 0 Å². The lowest BCUT2D eigenvalue weighted by Gasteiger charge is -2.08. The first-order chi connectivity index (χ1) is 8.69. The van der Waals surface area contributed by atoms with Crippen molar-refractivity contribution in [3.63, 3.8) is 0 Å². The molecule has 1 aromatic carbocycles. The molecule has 0 bridgehead atoms. The number of benzene rings is 1. The molecule has 0 heterocycles. The topological polar surface area (TPSA) is 49.3 Å². The standard InChI is InChI=1S/C12H16FNO4/c1-15-8-12(17-3)7-14-18-11-5-9(13)4-10(6-11)16-2/h4-7,12H,8H2,1-3H3/b14-7+/t12-/m0/s1. The third-order valence-electron chi connectivity index (χ3n) is 2.10. The van der Waals surface area contributed by atoms with Crippen molar-refractivity contribution in [3.05, 3.63) is 24.0 Å². The molecule has 0 spiro atoms. The zero-order valence-electron chi connectivity index (χ0n) is 10.6. The van der Waals surface area contributed by atoms with E-state index in [0.717, 1.165) is 0 Å². The Morgan fingerprint density at radius 2 is 1.94 bits per heavy atom. The highest BCUT2D eigenvalue weighted by atomic mass is 19.1. The summed E-state index contributed by atoms with van der Waals surface area (Å²) < 4.78 is 28.0. The molecule has 100 valence electrons. The van der Waals surface area contributed by atoms with Crippen molar-refractivity contribution in [2.24, 2.45) is 5.16 Å². The zero-order chi connectivity index (χ0) is 13.4. The molecule has 0 unspecified atom stereocenters. The minimum atomic E-state index is -0.459. The summed E-state index contributed by atoms with van der Waals surface area (Å²) in [7, 11) is 4.53. The molecule has 6 heteroatoms. The van der Waals surface area contributed by atoms with Gasteiger partial charge in [0.2, 0.25) is 0 Å². The molecule has 0 aromatic heterocycles.